The van der Waals surface area contributed by atoms with E-state index in [1.165, 1.54) is 37.3 Å². The summed E-state index contributed by atoms with van der Waals surface area (Å²) < 4.78 is 38.8. The van der Waals surface area contributed by atoms with E-state index in [0.717, 1.165) is 21.7 Å². The van der Waals surface area contributed by atoms with Gasteiger partial charge in [0.15, 0.2) is 5.96 Å². The first-order chi connectivity index (χ1) is 18.3. The molecule has 0 aromatic heterocycles. The molecule has 202 valence electrons. The molecular weight excluding hydrogens is 624 g/mol. The van der Waals surface area contributed by atoms with Crippen LogP contribution in [0.5, 0.6) is 11.5 Å². The van der Waals surface area contributed by atoms with Crippen LogP contribution in [0.25, 0.3) is 6.08 Å². The van der Waals surface area contributed by atoms with Crippen molar-refractivity contribution in [2.75, 3.05) is 3.48 Å². The molecule has 0 aliphatic carbocycles. The smallest absolute Gasteiger partial charge is 0.370 e. The molecule has 0 bridgehead atoms. The van der Waals surface area contributed by atoms with E-state index in [1.54, 1.807) is 12.1 Å². The fourth-order valence-electron chi connectivity index (χ4n) is 3.33. The van der Waals surface area contributed by atoms with Gasteiger partial charge >= 0.3 is 202 Å². The summed E-state index contributed by atoms with van der Waals surface area (Å²) in [5.41, 5.74) is 10.5. The SMILES string of the molecule is C/C(=C\c1cc(F)c(Oc2cc[c]([Sb]([CH3])[NH]c3cc(C(=O)O)cc(C(=O)O)c3)cc2)c(F)c1)C(=O)N=C(N)N. The van der Waals surface area contributed by atoms with Gasteiger partial charge in [-0.3, -0.25) is 4.79 Å². The van der Waals surface area contributed by atoms with Crippen LogP contribution in [0.15, 0.2) is 65.2 Å². The zero-order valence-electron chi connectivity index (χ0n) is 20.6. The summed E-state index contributed by atoms with van der Waals surface area (Å²) in [6, 6.07) is 12.2. The van der Waals surface area contributed by atoms with Crippen molar-refractivity contribution in [3.63, 3.8) is 0 Å². The number of aromatic carboxylic acids is 2. The van der Waals surface area contributed by atoms with Crippen LogP contribution in [0.4, 0.5) is 14.5 Å². The number of hydrogen-bond acceptors (Lipinski definition) is 5. The van der Waals surface area contributed by atoms with Crippen molar-refractivity contribution in [2.24, 2.45) is 16.5 Å². The van der Waals surface area contributed by atoms with Crippen LogP contribution in [0.2, 0.25) is 4.87 Å². The van der Waals surface area contributed by atoms with Gasteiger partial charge in [-0.1, -0.05) is 0 Å². The minimum atomic E-state index is -2.45. The molecule has 1 amide bonds. The molecule has 0 aliphatic heterocycles. The standard InChI is InChI=1S/C17H14F2N3O2.C8H6NO4.CH3.Sb/c1-10(16(23)22-17(20)21)7-11-8-13(18)15(14(19)9-11)24-12-5-3-2-4-6-12;9-6-2-4(7(10)11)1-5(3-6)8(12)13;;/h3-9H,1H3,(H4,20,21,22,23);1-3,9H,(H,10,11)(H,12,13);1H3;/q;-1;;+1/b10-7+;;;. The molecule has 10 nitrogen and oxygen atoms in total. The number of benzene rings is 3. The number of anilines is 1. The summed E-state index contributed by atoms with van der Waals surface area (Å²) in [7, 11) is 0. The molecule has 0 radical (unpaired) electrons. The Morgan fingerprint density at radius 2 is 1.49 bits per heavy atom. The van der Waals surface area contributed by atoms with E-state index in [-0.39, 0.29) is 28.0 Å². The van der Waals surface area contributed by atoms with Crippen molar-refractivity contribution in [1.82, 2.24) is 0 Å². The molecule has 13 heteroatoms. The molecule has 0 saturated heterocycles. The average molecular weight is 647 g/mol. The van der Waals surface area contributed by atoms with Crippen LogP contribution in [0.3, 0.4) is 0 Å². The Bertz CT molecular complexity index is 1450. The predicted octanol–water partition coefficient (Wildman–Crippen LogP) is 3.30. The van der Waals surface area contributed by atoms with E-state index in [9.17, 15) is 33.4 Å². The maximum absolute atomic E-state index is 14.7. The molecule has 0 aliphatic rings. The molecule has 7 N–H and O–H groups in total. The van der Waals surface area contributed by atoms with E-state index >= 15 is 0 Å². The minimum Gasteiger partial charge on any atom is -0.370 e. The molecule has 0 atom stereocenters. The van der Waals surface area contributed by atoms with Gasteiger partial charge in [-0.2, -0.15) is 4.99 Å². The van der Waals surface area contributed by atoms with Gasteiger partial charge in [0.1, 0.15) is 0 Å². The van der Waals surface area contributed by atoms with Crippen molar-refractivity contribution in [2.45, 2.75) is 11.8 Å². The number of carboxylic acids is 2. The normalized spacial score (nSPS) is 11.2. The summed E-state index contributed by atoms with van der Waals surface area (Å²) in [5, 5.41) is 18.5. The van der Waals surface area contributed by atoms with Crippen LogP contribution in [0, 0.1) is 11.6 Å². The first-order valence-corrected chi connectivity index (χ1v) is 16.2. The molecule has 0 spiro atoms. The molecule has 3 aromatic carbocycles. The zero-order valence-corrected chi connectivity index (χ0v) is 23.2. The van der Waals surface area contributed by atoms with Crippen LogP contribution in [-0.4, -0.2) is 54.5 Å². The molecule has 0 heterocycles. The topological polar surface area (TPSA) is 177 Å². The number of aliphatic imine (C=N–C) groups is 1. The number of hydrogen-bond donors (Lipinski definition) is 5. The van der Waals surface area contributed by atoms with Gasteiger partial charge in [0, 0.05) is 0 Å². The van der Waals surface area contributed by atoms with Gasteiger partial charge in [-0.05, 0) is 0 Å². The van der Waals surface area contributed by atoms with Crippen LogP contribution in [0.1, 0.15) is 33.2 Å². The number of amides is 1. The molecular formula is C26H23F2N4O6Sb. The van der Waals surface area contributed by atoms with Gasteiger partial charge in [0.2, 0.25) is 0 Å². The molecule has 0 unspecified atom stereocenters. The third-order valence-electron chi connectivity index (χ3n) is 5.14. The Morgan fingerprint density at radius 1 is 0.949 bits per heavy atom. The second kappa shape index (κ2) is 12.4. The molecule has 39 heavy (non-hydrogen) atoms. The summed E-state index contributed by atoms with van der Waals surface area (Å²) in [6.07, 6.45) is 1.23. The Labute approximate surface area is 228 Å². The number of ether oxygens (including phenoxy) is 1. The number of rotatable bonds is 9. The average Bonchev–Trinajstić information content (AvgIpc) is 2.85. The Balaban J connectivity index is 1.76. The van der Waals surface area contributed by atoms with Crippen molar-refractivity contribution in [3.8, 4) is 11.5 Å². The monoisotopic (exact) mass is 646 g/mol. The number of nitrogens with zero attached hydrogens (tertiary/aromatic N) is 1. The van der Waals surface area contributed by atoms with Gasteiger partial charge < -0.3 is 11.5 Å². The number of carbonyl (C=O) groups excluding carboxylic acids is 1. The van der Waals surface area contributed by atoms with Gasteiger partial charge in [0.05, 0.1) is 0 Å². The summed E-state index contributed by atoms with van der Waals surface area (Å²) in [5.74, 6) is -6.14. The number of nitrogens with two attached hydrogens (primary N) is 2. The van der Waals surface area contributed by atoms with E-state index < -0.39 is 61.7 Å². The van der Waals surface area contributed by atoms with Crippen LogP contribution >= 0.6 is 0 Å². The van der Waals surface area contributed by atoms with E-state index in [2.05, 4.69) is 8.47 Å². The first-order valence-electron chi connectivity index (χ1n) is 11.1. The van der Waals surface area contributed by atoms with E-state index in [0.29, 0.717) is 5.69 Å². The quantitative estimate of drug-likeness (QED) is 0.101. The van der Waals surface area contributed by atoms with Gasteiger partial charge in [-0.15, -0.1) is 0 Å². The van der Waals surface area contributed by atoms with E-state index in [4.69, 9.17) is 16.2 Å². The zero-order chi connectivity index (χ0) is 28.9. The number of guanidine groups is 1. The molecule has 3 rings (SSSR count). The van der Waals surface area contributed by atoms with Gasteiger partial charge in [-0.25, -0.2) is 0 Å². The summed E-state index contributed by atoms with van der Waals surface area (Å²) >= 11 is -2.45. The van der Waals surface area contributed by atoms with Gasteiger partial charge in [0.25, 0.3) is 0 Å². The predicted molar refractivity (Wildman–Crippen MR) is 143 cm³/mol. The maximum atomic E-state index is 14.7. The molecule has 3 aromatic rings. The molecule has 0 fully saturated rings. The third kappa shape index (κ3) is 7.78. The van der Waals surface area contributed by atoms with E-state index in [1.807, 2.05) is 4.87 Å². The Hall–Kier alpha value is -4.44. The third-order valence-corrected chi connectivity index (χ3v) is 9.90. The second-order valence-corrected chi connectivity index (χ2v) is 13.5. The molecule has 0 saturated carbocycles. The number of nitrogens with one attached hydrogen (secondary N) is 1. The first kappa shape index (κ1) is 29.1. The van der Waals surface area contributed by atoms with Crippen LogP contribution in [-0.2, 0) is 4.79 Å². The number of halogens is 2. The van der Waals surface area contributed by atoms with Crippen molar-refractivity contribution in [1.29, 1.82) is 0 Å². The van der Waals surface area contributed by atoms with Crippen molar-refractivity contribution < 1.29 is 38.1 Å². The van der Waals surface area contributed by atoms with Crippen LogP contribution < -0.4 is 23.2 Å². The number of carbonyl (C=O) groups is 3. The summed E-state index contributed by atoms with van der Waals surface area (Å²) in [6.45, 7) is 1.39. The summed E-state index contributed by atoms with van der Waals surface area (Å²) in [4.78, 5) is 39.8. The Morgan fingerprint density at radius 3 is 1.97 bits per heavy atom. The fourth-order valence-corrected chi connectivity index (χ4v) is 6.87. The Kier molecular flexibility index (Phi) is 9.26. The minimum absolute atomic E-state index is 0.0635. The van der Waals surface area contributed by atoms with Crippen molar-refractivity contribution >= 4 is 59.6 Å². The fraction of sp³-hybridized carbons (Fsp3) is 0.0769. The van der Waals surface area contributed by atoms with Crippen molar-refractivity contribution in [3.05, 3.63) is 88.5 Å². The number of carboxylic acid groups (broad SMARTS) is 2. The second-order valence-electron chi connectivity index (χ2n) is 8.16.